The van der Waals surface area contributed by atoms with Crippen LogP contribution in [0.15, 0.2) is 35.1 Å². The molecule has 0 saturated heterocycles. The Morgan fingerprint density at radius 1 is 1.29 bits per heavy atom. The average Bonchev–Trinajstić information content (AvgIpc) is 3.70. The number of halogens is 4. The highest BCUT2D eigenvalue weighted by Crippen LogP contribution is 2.57. The molecule has 5 rings (SSSR count). The van der Waals surface area contributed by atoms with Gasteiger partial charge in [-0.3, -0.25) is 4.57 Å². The fourth-order valence-electron chi connectivity index (χ4n) is 4.45. The number of aryl methyl sites for hydroxylation is 1. The third-order valence-electron chi connectivity index (χ3n) is 6.83. The summed E-state index contributed by atoms with van der Waals surface area (Å²) >= 11 is 6.51. The van der Waals surface area contributed by atoms with Crippen LogP contribution in [0.5, 0.6) is 5.75 Å². The van der Waals surface area contributed by atoms with Gasteiger partial charge in [0.05, 0.1) is 30.4 Å². The number of hydrogen-bond donors (Lipinski definition) is 1. The lowest BCUT2D eigenvalue weighted by atomic mass is 10.0. The molecule has 1 aliphatic carbocycles. The molecule has 1 aromatic heterocycles. The third kappa shape index (κ3) is 4.82. The molecule has 1 N–H and O–H groups in total. The van der Waals surface area contributed by atoms with E-state index in [0.29, 0.717) is 63.9 Å². The highest BCUT2D eigenvalue weighted by atomic mass is 35.5. The largest absolute Gasteiger partial charge is 0.492 e. The van der Waals surface area contributed by atoms with Crippen LogP contribution in [0.4, 0.5) is 24.7 Å². The van der Waals surface area contributed by atoms with Crippen molar-refractivity contribution in [1.29, 1.82) is 0 Å². The number of aliphatic hydroxyl groups is 1. The molecule has 3 aromatic rings. The summed E-state index contributed by atoms with van der Waals surface area (Å²) in [4.78, 5) is 19.0. The first-order valence-electron chi connectivity index (χ1n) is 12.2. The minimum atomic E-state index is -4.37. The van der Waals surface area contributed by atoms with Crippen LogP contribution in [0.1, 0.15) is 30.4 Å². The molecular weight excluding hydrogens is 523 g/mol. The van der Waals surface area contributed by atoms with E-state index in [1.165, 1.54) is 4.57 Å². The van der Waals surface area contributed by atoms with E-state index in [2.05, 4.69) is 16.8 Å². The first-order valence-corrected chi connectivity index (χ1v) is 12.5. The van der Waals surface area contributed by atoms with E-state index in [4.69, 9.17) is 26.2 Å². The number of aromatic nitrogens is 2. The van der Waals surface area contributed by atoms with Gasteiger partial charge in [-0.2, -0.15) is 18.2 Å². The van der Waals surface area contributed by atoms with Gasteiger partial charge in [0.15, 0.2) is 0 Å². The molecule has 0 unspecified atom stereocenters. The van der Waals surface area contributed by atoms with Crippen LogP contribution in [0, 0.1) is 17.3 Å². The Labute approximate surface area is 221 Å². The van der Waals surface area contributed by atoms with Gasteiger partial charge < -0.3 is 19.5 Å². The lowest BCUT2D eigenvalue weighted by Gasteiger charge is -2.25. The van der Waals surface area contributed by atoms with Gasteiger partial charge in [-0.1, -0.05) is 29.5 Å². The van der Waals surface area contributed by atoms with Crippen LogP contribution in [0.25, 0.3) is 10.9 Å². The van der Waals surface area contributed by atoms with E-state index in [9.17, 15) is 18.0 Å². The smallest absolute Gasteiger partial charge is 0.405 e. The van der Waals surface area contributed by atoms with Gasteiger partial charge in [0, 0.05) is 54.9 Å². The molecule has 2 aliphatic rings. The molecule has 0 atom stereocenters. The second-order valence-corrected chi connectivity index (χ2v) is 9.75. The van der Waals surface area contributed by atoms with Crippen molar-refractivity contribution in [2.24, 2.45) is 12.5 Å². The van der Waals surface area contributed by atoms with Gasteiger partial charge in [-0.05, 0) is 31.0 Å². The van der Waals surface area contributed by atoms with Crippen LogP contribution >= 0.6 is 11.6 Å². The summed E-state index contributed by atoms with van der Waals surface area (Å²) in [6.07, 6.45) is -3.95. The minimum Gasteiger partial charge on any atom is -0.492 e. The normalized spacial score (nSPS) is 16.4. The number of nitrogens with zero attached hydrogens (tertiary/aromatic N) is 3. The average molecular weight is 548 g/mol. The third-order valence-corrected chi connectivity index (χ3v) is 7.13. The van der Waals surface area contributed by atoms with Crippen molar-refractivity contribution in [2.75, 3.05) is 31.3 Å². The van der Waals surface area contributed by atoms with Gasteiger partial charge in [-0.15, -0.1) is 0 Å². The van der Waals surface area contributed by atoms with Crippen molar-refractivity contribution >= 4 is 34.0 Å². The first kappa shape index (κ1) is 26.4. The summed E-state index contributed by atoms with van der Waals surface area (Å²) < 4.78 is 53.2. The molecule has 0 amide bonds. The molecule has 0 bridgehead atoms. The monoisotopic (exact) mass is 547 g/mol. The molecule has 1 saturated carbocycles. The number of aliphatic hydroxyl groups excluding tert-OH is 1. The summed E-state index contributed by atoms with van der Waals surface area (Å²) in [5.41, 5.74) is -0.200. The van der Waals surface area contributed by atoms with Crippen LogP contribution in [-0.2, 0) is 18.4 Å². The molecule has 0 radical (unpaired) electrons. The predicted octanol–water partition coefficient (Wildman–Crippen LogP) is 4.71. The number of hydrogen-bond acceptors (Lipinski definition) is 6. The van der Waals surface area contributed by atoms with Crippen molar-refractivity contribution in [2.45, 2.75) is 32.0 Å². The minimum absolute atomic E-state index is 0.00314. The van der Waals surface area contributed by atoms with E-state index in [0.717, 1.165) is 0 Å². The maximum absolute atomic E-state index is 13.4. The van der Waals surface area contributed by atoms with E-state index in [1.807, 2.05) is 11.0 Å². The maximum Gasteiger partial charge on any atom is 0.405 e. The second-order valence-electron chi connectivity index (χ2n) is 9.34. The summed E-state index contributed by atoms with van der Waals surface area (Å²) in [6, 6.07) is 8.53. The van der Waals surface area contributed by atoms with Crippen molar-refractivity contribution in [1.82, 2.24) is 9.55 Å². The van der Waals surface area contributed by atoms with Crippen LogP contribution in [0.2, 0.25) is 5.02 Å². The number of fused-ring (bicyclic) bond motifs is 2. The Kier molecular flexibility index (Phi) is 7.03. The zero-order valence-electron chi connectivity index (χ0n) is 20.6. The fourth-order valence-corrected chi connectivity index (χ4v) is 4.67. The molecule has 11 heteroatoms. The van der Waals surface area contributed by atoms with Crippen LogP contribution in [-0.4, -0.2) is 47.2 Å². The van der Waals surface area contributed by atoms with Gasteiger partial charge in [-0.25, -0.2) is 4.79 Å². The number of alkyl halides is 3. The number of ether oxygens (including phenoxy) is 2. The van der Waals surface area contributed by atoms with Crippen LogP contribution in [0.3, 0.4) is 0 Å². The topological polar surface area (TPSA) is 76.8 Å². The molecule has 0 spiro atoms. The predicted molar refractivity (Wildman–Crippen MR) is 137 cm³/mol. The molecule has 1 fully saturated rings. The van der Waals surface area contributed by atoms with Crippen molar-refractivity contribution in [3.8, 4) is 17.6 Å². The molecule has 7 nitrogen and oxygen atoms in total. The number of benzene rings is 2. The van der Waals surface area contributed by atoms with Gasteiger partial charge in [0.2, 0.25) is 0 Å². The molecule has 1 aliphatic heterocycles. The molecule has 38 heavy (non-hydrogen) atoms. The van der Waals surface area contributed by atoms with E-state index in [-0.39, 0.29) is 32.7 Å². The Morgan fingerprint density at radius 3 is 2.79 bits per heavy atom. The molecule has 2 heterocycles. The molecular formula is C27H25ClF3N3O4. The van der Waals surface area contributed by atoms with Crippen molar-refractivity contribution in [3.63, 3.8) is 0 Å². The summed E-state index contributed by atoms with van der Waals surface area (Å²) in [5.74, 6) is 5.95. The van der Waals surface area contributed by atoms with Crippen LogP contribution < -0.4 is 15.3 Å². The Morgan fingerprint density at radius 2 is 2.08 bits per heavy atom. The molecule has 200 valence electrons. The highest BCUT2D eigenvalue weighted by molar-refractivity contribution is 6.33. The summed E-state index contributed by atoms with van der Waals surface area (Å²) in [7, 11) is 1.59. The SMILES string of the molecule is Cn1c(=O)nc(N2CCOCc3c(C#CC4(C(F)(F)F)CC4)cccc32)c2cc(Cl)c(OCCCO)cc21. The van der Waals surface area contributed by atoms with Gasteiger partial charge in [0.1, 0.15) is 17.0 Å². The standard InChI is InChI=1S/C27H25ClF3N3O4/c1-33-22-15-23(38-12-3-11-35)20(28)14-18(22)24(32-25(33)36)34-10-13-37-16-19-17(4-2-5-21(19)34)6-7-26(8-9-26)27(29,30)31/h2,4-5,14-15,35H,3,8-13,16H2,1H3. The van der Waals surface area contributed by atoms with Crippen molar-refractivity contribution in [3.05, 3.63) is 57.0 Å². The quantitative estimate of drug-likeness (QED) is 0.368. The maximum atomic E-state index is 13.4. The van der Waals surface area contributed by atoms with Crippen molar-refractivity contribution < 1.29 is 27.8 Å². The number of rotatable bonds is 5. The van der Waals surface area contributed by atoms with Gasteiger partial charge >= 0.3 is 11.9 Å². The van der Waals surface area contributed by atoms with E-state index >= 15 is 0 Å². The molecule has 2 aromatic carbocycles. The second kappa shape index (κ2) is 10.1. The highest BCUT2D eigenvalue weighted by Gasteiger charge is 2.62. The van der Waals surface area contributed by atoms with Gasteiger partial charge in [0.25, 0.3) is 0 Å². The first-order chi connectivity index (χ1) is 18.1. The Bertz CT molecular complexity index is 1510. The Hall–Kier alpha value is -3.26. The fraction of sp³-hybridized carbons (Fsp3) is 0.407. The van der Waals surface area contributed by atoms with E-state index in [1.54, 1.807) is 31.3 Å². The zero-order valence-corrected chi connectivity index (χ0v) is 21.3. The Balaban J connectivity index is 1.62. The summed E-state index contributed by atoms with van der Waals surface area (Å²) in [5, 5.41) is 9.94. The lowest BCUT2D eigenvalue weighted by Crippen LogP contribution is -2.28. The lowest BCUT2D eigenvalue weighted by molar-refractivity contribution is -0.168. The zero-order chi connectivity index (χ0) is 27.1. The summed E-state index contributed by atoms with van der Waals surface area (Å²) in [6.45, 7) is 1.02. The van der Waals surface area contributed by atoms with E-state index < -0.39 is 17.3 Å². The number of anilines is 2.